The molecule has 3 aromatic heterocycles. The van der Waals surface area contributed by atoms with Crippen LogP contribution >= 0.6 is 0 Å². The van der Waals surface area contributed by atoms with Gasteiger partial charge in [0.1, 0.15) is 11.8 Å². The summed E-state index contributed by atoms with van der Waals surface area (Å²) >= 11 is 0. The molecule has 26 heavy (non-hydrogen) atoms. The number of hydrogen-bond donors (Lipinski definition) is 2. The van der Waals surface area contributed by atoms with Gasteiger partial charge in [-0.15, -0.1) is 0 Å². The maximum atomic E-state index is 9.03. The van der Waals surface area contributed by atoms with E-state index >= 15 is 0 Å². The molecule has 1 aromatic carbocycles. The van der Waals surface area contributed by atoms with Crippen molar-refractivity contribution < 1.29 is 4.42 Å². The first-order chi connectivity index (χ1) is 12.8. The zero-order valence-electron chi connectivity index (χ0n) is 13.7. The standard InChI is InChI=1S/C19H14N6O/c20-7-11-5-12-1-3-16(18(12)22-8-11)23-13-2-4-15-14(6-13)19(25-24-15)17-9-21-10-26-17/h2,4-6,8-10,16,23H,1,3H2,(H,24,25). The smallest absolute Gasteiger partial charge is 0.181 e. The average Bonchev–Trinajstić information content (AvgIpc) is 3.40. The van der Waals surface area contributed by atoms with Crippen molar-refractivity contribution in [2.75, 3.05) is 5.32 Å². The number of anilines is 1. The Kier molecular flexibility index (Phi) is 3.22. The largest absolute Gasteiger partial charge is 0.442 e. The molecule has 126 valence electrons. The lowest BCUT2D eigenvalue weighted by atomic mass is 10.1. The molecule has 0 fully saturated rings. The van der Waals surface area contributed by atoms with Gasteiger partial charge in [-0.25, -0.2) is 4.98 Å². The van der Waals surface area contributed by atoms with Gasteiger partial charge in [0.2, 0.25) is 0 Å². The normalized spacial score (nSPS) is 15.7. The van der Waals surface area contributed by atoms with E-state index < -0.39 is 0 Å². The van der Waals surface area contributed by atoms with Crippen molar-refractivity contribution in [2.45, 2.75) is 18.9 Å². The molecule has 7 heteroatoms. The molecule has 0 spiro atoms. The molecule has 1 unspecified atom stereocenters. The number of benzene rings is 1. The van der Waals surface area contributed by atoms with Crippen LogP contribution in [0.2, 0.25) is 0 Å². The van der Waals surface area contributed by atoms with Crippen LogP contribution < -0.4 is 5.32 Å². The number of aryl methyl sites for hydroxylation is 1. The quantitative estimate of drug-likeness (QED) is 0.590. The summed E-state index contributed by atoms with van der Waals surface area (Å²) in [7, 11) is 0. The molecule has 4 aromatic rings. The minimum atomic E-state index is 0.135. The van der Waals surface area contributed by atoms with Gasteiger partial charge in [0.25, 0.3) is 0 Å². The van der Waals surface area contributed by atoms with Crippen LogP contribution in [-0.4, -0.2) is 20.2 Å². The van der Waals surface area contributed by atoms with E-state index in [2.05, 4.69) is 37.6 Å². The lowest BCUT2D eigenvalue weighted by Gasteiger charge is -2.15. The summed E-state index contributed by atoms with van der Waals surface area (Å²) in [4.78, 5) is 8.45. The Morgan fingerprint density at radius 1 is 1.27 bits per heavy atom. The third-order valence-electron chi connectivity index (χ3n) is 4.73. The highest BCUT2D eigenvalue weighted by atomic mass is 16.3. The zero-order valence-corrected chi connectivity index (χ0v) is 13.7. The van der Waals surface area contributed by atoms with Gasteiger partial charge in [0, 0.05) is 17.3 Å². The fourth-order valence-electron chi connectivity index (χ4n) is 3.50. The number of H-pyrrole nitrogens is 1. The van der Waals surface area contributed by atoms with Gasteiger partial charge in [-0.3, -0.25) is 10.1 Å². The van der Waals surface area contributed by atoms with Crippen molar-refractivity contribution >= 4 is 16.6 Å². The maximum absolute atomic E-state index is 9.03. The number of hydrogen-bond acceptors (Lipinski definition) is 6. The van der Waals surface area contributed by atoms with E-state index in [1.165, 1.54) is 6.39 Å². The van der Waals surface area contributed by atoms with Gasteiger partial charge in [-0.1, -0.05) is 0 Å². The number of nitrogens with one attached hydrogen (secondary N) is 2. The highest BCUT2D eigenvalue weighted by Gasteiger charge is 2.24. The van der Waals surface area contributed by atoms with Crippen LogP contribution in [0.25, 0.3) is 22.4 Å². The summed E-state index contributed by atoms with van der Waals surface area (Å²) in [5.41, 5.74) is 5.44. The minimum absolute atomic E-state index is 0.135. The van der Waals surface area contributed by atoms with E-state index in [0.717, 1.165) is 46.4 Å². The number of nitriles is 1. The molecule has 3 heterocycles. The second-order valence-corrected chi connectivity index (χ2v) is 6.31. The van der Waals surface area contributed by atoms with Crippen molar-refractivity contribution in [2.24, 2.45) is 0 Å². The lowest BCUT2D eigenvalue weighted by Crippen LogP contribution is -2.08. The van der Waals surface area contributed by atoms with Crippen LogP contribution in [0.15, 0.2) is 47.5 Å². The number of pyridine rings is 1. The fraction of sp³-hybridized carbons (Fsp3) is 0.158. The van der Waals surface area contributed by atoms with E-state index in [9.17, 15) is 0 Å². The number of aromatic nitrogens is 4. The molecule has 0 radical (unpaired) electrons. The number of aromatic amines is 1. The van der Waals surface area contributed by atoms with Crippen LogP contribution in [0.3, 0.4) is 0 Å². The molecule has 0 saturated heterocycles. The lowest BCUT2D eigenvalue weighted by molar-refractivity contribution is 0.570. The Labute approximate surface area is 148 Å². The summed E-state index contributed by atoms with van der Waals surface area (Å²) < 4.78 is 5.38. The molecule has 0 bridgehead atoms. The number of nitrogens with zero attached hydrogens (tertiary/aromatic N) is 4. The SMILES string of the molecule is N#Cc1cnc2c(c1)CCC2Nc1ccc2[nH]nc(-c3cnco3)c2c1. The third-order valence-corrected chi connectivity index (χ3v) is 4.73. The molecule has 2 N–H and O–H groups in total. The van der Waals surface area contributed by atoms with Crippen LogP contribution in [-0.2, 0) is 6.42 Å². The monoisotopic (exact) mass is 342 g/mol. The van der Waals surface area contributed by atoms with Crippen molar-refractivity contribution in [1.82, 2.24) is 20.2 Å². The Morgan fingerprint density at radius 3 is 3.08 bits per heavy atom. The third kappa shape index (κ3) is 2.31. The highest BCUT2D eigenvalue weighted by molar-refractivity contribution is 5.93. The molecule has 7 nitrogen and oxygen atoms in total. The number of rotatable bonds is 3. The molecule has 0 aliphatic heterocycles. The first-order valence-electron chi connectivity index (χ1n) is 8.34. The molecule has 0 saturated carbocycles. The van der Waals surface area contributed by atoms with E-state index in [1.807, 2.05) is 18.2 Å². The van der Waals surface area contributed by atoms with Crippen molar-refractivity contribution in [3.63, 3.8) is 0 Å². The zero-order chi connectivity index (χ0) is 17.5. The van der Waals surface area contributed by atoms with Crippen LogP contribution in [0.4, 0.5) is 5.69 Å². The van der Waals surface area contributed by atoms with Gasteiger partial charge in [-0.2, -0.15) is 10.4 Å². The second kappa shape index (κ2) is 5.70. The van der Waals surface area contributed by atoms with Crippen molar-refractivity contribution in [3.8, 4) is 17.5 Å². The summed E-state index contributed by atoms with van der Waals surface area (Å²) in [6.07, 6.45) is 6.57. The Hall–Kier alpha value is -3.66. The molecule has 5 rings (SSSR count). The van der Waals surface area contributed by atoms with E-state index in [4.69, 9.17) is 9.68 Å². The Bertz CT molecular complexity index is 1140. The highest BCUT2D eigenvalue weighted by Crippen LogP contribution is 2.34. The average molecular weight is 342 g/mol. The molecule has 1 aliphatic rings. The number of oxazole rings is 1. The summed E-state index contributed by atoms with van der Waals surface area (Å²) in [5, 5.41) is 20.9. The van der Waals surface area contributed by atoms with Crippen LogP contribution in [0.5, 0.6) is 0 Å². The van der Waals surface area contributed by atoms with E-state index in [1.54, 1.807) is 12.4 Å². The van der Waals surface area contributed by atoms with Gasteiger partial charge >= 0.3 is 0 Å². The second-order valence-electron chi connectivity index (χ2n) is 6.31. The van der Waals surface area contributed by atoms with Crippen molar-refractivity contribution in [1.29, 1.82) is 5.26 Å². The van der Waals surface area contributed by atoms with E-state index in [0.29, 0.717) is 11.3 Å². The molecule has 0 amide bonds. The molecule has 1 aliphatic carbocycles. The summed E-state index contributed by atoms with van der Waals surface area (Å²) in [5.74, 6) is 0.630. The Morgan fingerprint density at radius 2 is 2.23 bits per heavy atom. The Balaban J connectivity index is 1.48. The van der Waals surface area contributed by atoms with Gasteiger partial charge in [-0.05, 0) is 42.7 Å². The van der Waals surface area contributed by atoms with Gasteiger partial charge in [0.15, 0.2) is 12.2 Å². The topological polar surface area (TPSA) is 103 Å². The molecular formula is C19H14N6O. The van der Waals surface area contributed by atoms with Crippen molar-refractivity contribution in [3.05, 3.63) is 59.9 Å². The van der Waals surface area contributed by atoms with Crippen LogP contribution in [0, 0.1) is 11.3 Å². The summed E-state index contributed by atoms with van der Waals surface area (Å²) in [6.45, 7) is 0. The maximum Gasteiger partial charge on any atom is 0.181 e. The minimum Gasteiger partial charge on any atom is -0.442 e. The van der Waals surface area contributed by atoms with Crippen LogP contribution in [0.1, 0.15) is 29.3 Å². The predicted molar refractivity (Wildman–Crippen MR) is 95.2 cm³/mol. The first kappa shape index (κ1) is 14.7. The first-order valence-corrected chi connectivity index (χ1v) is 8.34. The molecular weight excluding hydrogens is 328 g/mol. The van der Waals surface area contributed by atoms with Gasteiger partial charge in [0.05, 0.1) is 29.0 Å². The molecule has 1 atom stereocenters. The van der Waals surface area contributed by atoms with Gasteiger partial charge < -0.3 is 9.73 Å². The fourth-order valence-corrected chi connectivity index (χ4v) is 3.50. The predicted octanol–water partition coefficient (Wildman–Crippen LogP) is 3.58. The van der Waals surface area contributed by atoms with E-state index in [-0.39, 0.29) is 6.04 Å². The summed E-state index contributed by atoms with van der Waals surface area (Å²) in [6, 6.07) is 10.3. The number of fused-ring (bicyclic) bond motifs is 2.